The number of benzene rings is 1. The molecule has 1 saturated heterocycles. The molecule has 1 N–H and O–H groups in total. The number of halogens is 1. The Hall–Kier alpha value is -1.95. The standard InChI is InChI=1S/C19H26ClNO5/c1-3-9-26-18-15(20)11-14(12-16(18)25-4-2)19(24)21-7-5-13(6-8-21)10-17(22)23/h11-13H,3-10H2,1-2H3,(H,22,23). The monoisotopic (exact) mass is 383 g/mol. The van der Waals surface area contributed by atoms with E-state index in [0.29, 0.717) is 61.2 Å². The number of hydrogen-bond donors (Lipinski definition) is 1. The van der Waals surface area contributed by atoms with Crippen LogP contribution in [0.1, 0.15) is 49.9 Å². The molecule has 0 radical (unpaired) electrons. The van der Waals surface area contributed by atoms with Crippen molar-refractivity contribution < 1.29 is 24.2 Å². The van der Waals surface area contributed by atoms with Crippen LogP contribution in [0, 0.1) is 5.92 Å². The fraction of sp³-hybridized carbons (Fsp3) is 0.579. The van der Waals surface area contributed by atoms with Crippen LogP contribution in [0.5, 0.6) is 11.5 Å². The molecule has 144 valence electrons. The molecule has 7 heteroatoms. The maximum Gasteiger partial charge on any atom is 0.303 e. The number of amides is 1. The summed E-state index contributed by atoms with van der Waals surface area (Å²) < 4.78 is 11.3. The molecule has 1 fully saturated rings. The average molecular weight is 384 g/mol. The first-order chi connectivity index (χ1) is 12.5. The minimum Gasteiger partial charge on any atom is -0.490 e. The fourth-order valence-electron chi connectivity index (χ4n) is 3.07. The highest BCUT2D eigenvalue weighted by molar-refractivity contribution is 6.32. The second kappa shape index (κ2) is 9.67. The molecule has 0 spiro atoms. The second-order valence-corrected chi connectivity index (χ2v) is 6.81. The number of carbonyl (C=O) groups excluding carboxylic acids is 1. The molecule has 26 heavy (non-hydrogen) atoms. The van der Waals surface area contributed by atoms with Gasteiger partial charge in [0.25, 0.3) is 5.91 Å². The molecule has 1 aromatic carbocycles. The topological polar surface area (TPSA) is 76.1 Å². The zero-order valence-electron chi connectivity index (χ0n) is 15.3. The van der Waals surface area contributed by atoms with Crippen LogP contribution in [0.2, 0.25) is 5.02 Å². The van der Waals surface area contributed by atoms with Crippen LogP contribution in [0.15, 0.2) is 12.1 Å². The van der Waals surface area contributed by atoms with Crippen molar-refractivity contribution in [1.29, 1.82) is 0 Å². The fourth-order valence-corrected chi connectivity index (χ4v) is 3.33. The minimum absolute atomic E-state index is 0.122. The summed E-state index contributed by atoms with van der Waals surface area (Å²) in [6.45, 7) is 5.92. The number of carboxylic acid groups (broad SMARTS) is 1. The van der Waals surface area contributed by atoms with Crippen LogP contribution in [0.25, 0.3) is 0 Å². The Morgan fingerprint density at radius 1 is 1.23 bits per heavy atom. The molecule has 1 aromatic rings. The lowest BCUT2D eigenvalue weighted by Crippen LogP contribution is -2.38. The number of carboxylic acids is 1. The Morgan fingerprint density at radius 2 is 1.92 bits per heavy atom. The van der Waals surface area contributed by atoms with E-state index in [2.05, 4.69) is 0 Å². The van der Waals surface area contributed by atoms with Gasteiger partial charge in [0.05, 0.1) is 18.2 Å². The minimum atomic E-state index is -0.786. The summed E-state index contributed by atoms with van der Waals surface area (Å²) in [6, 6.07) is 3.28. The van der Waals surface area contributed by atoms with Gasteiger partial charge >= 0.3 is 5.97 Å². The van der Waals surface area contributed by atoms with E-state index in [0.717, 1.165) is 6.42 Å². The van der Waals surface area contributed by atoms with E-state index >= 15 is 0 Å². The Morgan fingerprint density at radius 3 is 2.50 bits per heavy atom. The smallest absolute Gasteiger partial charge is 0.303 e. The van der Waals surface area contributed by atoms with E-state index in [-0.39, 0.29) is 18.2 Å². The number of aliphatic carboxylic acids is 1. The number of hydrogen-bond acceptors (Lipinski definition) is 4. The van der Waals surface area contributed by atoms with Crippen LogP contribution in [0.3, 0.4) is 0 Å². The number of carbonyl (C=O) groups is 2. The summed E-state index contributed by atoms with van der Waals surface area (Å²) in [5.74, 6) is 0.155. The van der Waals surface area contributed by atoms with Crippen LogP contribution in [-0.2, 0) is 4.79 Å². The van der Waals surface area contributed by atoms with Crippen molar-refractivity contribution >= 4 is 23.5 Å². The highest BCUT2D eigenvalue weighted by atomic mass is 35.5. The summed E-state index contributed by atoms with van der Waals surface area (Å²) >= 11 is 6.33. The van der Waals surface area contributed by atoms with Crippen LogP contribution in [-0.4, -0.2) is 48.2 Å². The van der Waals surface area contributed by atoms with Gasteiger partial charge in [-0.15, -0.1) is 0 Å². The van der Waals surface area contributed by atoms with Gasteiger partial charge < -0.3 is 19.5 Å². The van der Waals surface area contributed by atoms with Gasteiger partial charge in [0, 0.05) is 25.1 Å². The average Bonchev–Trinajstić information content (AvgIpc) is 2.60. The highest BCUT2D eigenvalue weighted by Gasteiger charge is 2.26. The van der Waals surface area contributed by atoms with Gasteiger partial charge in [0.1, 0.15) is 0 Å². The first-order valence-corrected chi connectivity index (χ1v) is 9.44. The lowest BCUT2D eigenvalue weighted by molar-refractivity contribution is -0.138. The van der Waals surface area contributed by atoms with Crippen molar-refractivity contribution in [3.05, 3.63) is 22.7 Å². The third kappa shape index (κ3) is 5.27. The van der Waals surface area contributed by atoms with E-state index < -0.39 is 5.97 Å². The van der Waals surface area contributed by atoms with Gasteiger partial charge in [-0.2, -0.15) is 0 Å². The first-order valence-electron chi connectivity index (χ1n) is 9.06. The van der Waals surface area contributed by atoms with Crippen LogP contribution >= 0.6 is 11.6 Å². The predicted molar refractivity (Wildman–Crippen MR) is 99.3 cm³/mol. The predicted octanol–water partition coefficient (Wildman–Crippen LogP) is 3.85. The molecule has 1 heterocycles. The molecule has 0 aliphatic carbocycles. The number of likely N-dealkylation sites (tertiary alicyclic amines) is 1. The van der Waals surface area contributed by atoms with E-state index in [9.17, 15) is 9.59 Å². The Kier molecular flexibility index (Phi) is 7.57. The number of piperidine rings is 1. The summed E-state index contributed by atoms with van der Waals surface area (Å²) in [4.78, 5) is 25.4. The molecule has 1 aliphatic rings. The second-order valence-electron chi connectivity index (χ2n) is 6.40. The molecular weight excluding hydrogens is 358 g/mol. The summed E-state index contributed by atoms with van der Waals surface area (Å²) in [5.41, 5.74) is 0.457. The maximum atomic E-state index is 12.8. The normalized spacial score (nSPS) is 15.0. The molecule has 0 unspecified atom stereocenters. The zero-order chi connectivity index (χ0) is 19.1. The molecule has 6 nitrogen and oxygen atoms in total. The van der Waals surface area contributed by atoms with Crippen molar-refractivity contribution in [2.45, 2.75) is 39.5 Å². The number of ether oxygens (including phenoxy) is 2. The third-order valence-corrected chi connectivity index (χ3v) is 4.65. The Labute approximate surface area is 159 Å². The van der Waals surface area contributed by atoms with Crippen molar-refractivity contribution in [2.24, 2.45) is 5.92 Å². The Bertz CT molecular complexity index is 641. The molecule has 0 bridgehead atoms. The highest BCUT2D eigenvalue weighted by Crippen LogP contribution is 2.37. The van der Waals surface area contributed by atoms with Crippen molar-refractivity contribution in [3.8, 4) is 11.5 Å². The van der Waals surface area contributed by atoms with Crippen molar-refractivity contribution in [2.75, 3.05) is 26.3 Å². The van der Waals surface area contributed by atoms with Gasteiger partial charge in [0.15, 0.2) is 11.5 Å². The molecule has 0 aromatic heterocycles. The molecular formula is C19H26ClNO5. The molecule has 1 amide bonds. The lowest BCUT2D eigenvalue weighted by Gasteiger charge is -2.31. The lowest BCUT2D eigenvalue weighted by atomic mass is 9.93. The van der Waals surface area contributed by atoms with Crippen LogP contribution in [0.4, 0.5) is 0 Å². The first kappa shape index (κ1) is 20.4. The molecule has 0 saturated carbocycles. The molecule has 2 rings (SSSR count). The molecule has 1 aliphatic heterocycles. The number of nitrogens with zero attached hydrogens (tertiary/aromatic N) is 1. The number of rotatable bonds is 8. The Balaban J connectivity index is 2.12. The molecule has 0 atom stereocenters. The zero-order valence-corrected chi connectivity index (χ0v) is 16.1. The van der Waals surface area contributed by atoms with Crippen molar-refractivity contribution in [3.63, 3.8) is 0 Å². The quantitative estimate of drug-likeness (QED) is 0.737. The summed E-state index contributed by atoms with van der Waals surface area (Å²) in [5, 5.41) is 9.25. The van der Waals surface area contributed by atoms with Gasteiger partial charge in [0.2, 0.25) is 0 Å². The SMILES string of the molecule is CCCOc1c(Cl)cc(C(=O)N2CCC(CC(=O)O)CC2)cc1OCC. The van der Waals surface area contributed by atoms with Gasteiger partial charge in [-0.05, 0) is 44.2 Å². The van der Waals surface area contributed by atoms with Crippen molar-refractivity contribution in [1.82, 2.24) is 4.90 Å². The third-order valence-electron chi connectivity index (χ3n) is 4.37. The maximum absolute atomic E-state index is 12.8. The van der Waals surface area contributed by atoms with Gasteiger partial charge in [-0.25, -0.2) is 0 Å². The van der Waals surface area contributed by atoms with E-state index in [1.54, 1.807) is 17.0 Å². The van der Waals surface area contributed by atoms with E-state index in [4.69, 9.17) is 26.2 Å². The largest absolute Gasteiger partial charge is 0.490 e. The van der Waals surface area contributed by atoms with Crippen LogP contribution < -0.4 is 9.47 Å². The van der Waals surface area contributed by atoms with Gasteiger partial charge in [-0.1, -0.05) is 18.5 Å². The summed E-state index contributed by atoms with van der Waals surface area (Å²) in [6.07, 6.45) is 2.39. The summed E-state index contributed by atoms with van der Waals surface area (Å²) in [7, 11) is 0. The van der Waals surface area contributed by atoms with E-state index in [1.807, 2.05) is 13.8 Å². The van der Waals surface area contributed by atoms with E-state index in [1.165, 1.54) is 0 Å². The van der Waals surface area contributed by atoms with Gasteiger partial charge in [-0.3, -0.25) is 9.59 Å².